The molecule has 0 bridgehead atoms. The van der Waals surface area contributed by atoms with Crippen molar-refractivity contribution in [3.05, 3.63) is 53.4 Å². The van der Waals surface area contributed by atoms with Crippen molar-refractivity contribution in [2.24, 2.45) is 11.8 Å². The van der Waals surface area contributed by atoms with E-state index in [1.807, 2.05) is 30.3 Å². The number of benzene rings is 1. The van der Waals surface area contributed by atoms with Crippen molar-refractivity contribution < 1.29 is 27.2 Å². The van der Waals surface area contributed by atoms with Gasteiger partial charge in [0.15, 0.2) is 14.6 Å². The summed E-state index contributed by atoms with van der Waals surface area (Å²) in [6, 6.07) is 10.8. The number of hydrogen-bond donors (Lipinski definition) is 0. The van der Waals surface area contributed by atoms with Crippen LogP contribution in [0.1, 0.15) is 43.2 Å². The Hall–Kier alpha value is -2.63. The lowest BCUT2D eigenvalue weighted by molar-refractivity contribution is -0.147. The molecule has 1 aliphatic rings. The van der Waals surface area contributed by atoms with Crippen LogP contribution < -0.4 is 0 Å². The lowest BCUT2D eigenvalue weighted by Crippen LogP contribution is -2.44. The van der Waals surface area contributed by atoms with Crippen molar-refractivity contribution >= 4 is 15.8 Å². The lowest BCUT2D eigenvalue weighted by atomic mass is 9.76. The fourth-order valence-electron chi connectivity index (χ4n) is 3.57. The Labute approximate surface area is 189 Å². The monoisotopic (exact) mass is 459 g/mol. The van der Waals surface area contributed by atoms with Crippen LogP contribution in [-0.2, 0) is 37.1 Å². The van der Waals surface area contributed by atoms with Gasteiger partial charge in [-0.25, -0.2) is 8.42 Å². The summed E-state index contributed by atoms with van der Waals surface area (Å²) in [4.78, 5) is 12.7. The SMILES string of the molecule is COCC1CC(C#Cc2cc(CCC(C)(C(=O)OCc3ccccc3)S(C)(=O)=O)no2)C1. The normalized spacial score (nSPS) is 19.8. The average Bonchev–Trinajstić information content (AvgIpc) is 3.19. The molecule has 0 saturated heterocycles. The zero-order chi connectivity index (χ0) is 23.2. The molecule has 32 heavy (non-hydrogen) atoms. The van der Waals surface area contributed by atoms with Crippen molar-refractivity contribution in [1.29, 1.82) is 0 Å². The van der Waals surface area contributed by atoms with Gasteiger partial charge >= 0.3 is 5.97 Å². The first-order chi connectivity index (χ1) is 15.2. The number of methoxy groups -OCH3 is 1. The lowest BCUT2D eigenvalue weighted by Gasteiger charge is -2.30. The van der Waals surface area contributed by atoms with E-state index in [1.54, 1.807) is 13.2 Å². The van der Waals surface area contributed by atoms with Gasteiger partial charge in [0.05, 0.1) is 5.69 Å². The number of aryl methyl sites for hydroxylation is 1. The second-order valence-electron chi connectivity index (χ2n) is 8.51. The highest BCUT2D eigenvalue weighted by Gasteiger charge is 2.45. The first-order valence-electron chi connectivity index (χ1n) is 10.6. The van der Waals surface area contributed by atoms with Gasteiger partial charge in [0.25, 0.3) is 0 Å². The highest BCUT2D eigenvalue weighted by molar-refractivity contribution is 7.92. The fourth-order valence-corrected chi connectivity index (χ4v) is 4.40. The average molecular weight is 460 g/mol. The summed E-state index contributed by atoms with van der Waals surface area (Å²) in [7, 11) is -2.03. The first-order valence-corrected chi connectivity index (χ1v) is 12.5. The van der Waals surface area contributed by atoms with E-state index >= 15 is 0 Å². The second-order valence-corrected chi connectivity index (χ2v) is 11.0. The van der Waals surface area contributed by atoms with Crippen LogP contribution in [0.15, 0.2) is 40.9 Å². The van der Waals surface area contributed by atoms with Gasteiger partial charge in [0.2, 0.25) is 5.76 Å². The molecule has 7 nitrogen and oxygen atoms in total. The maximum Gasteiger partial charge on any atom is 0.327 e. The maximum atomic E-state index is 12.7. The Balaban J connectivity index is 1.58. The molecule has 3 rings (SSSR count). The number of carbonyl (C=O) groups excluding carboxylic acids is 1. The van der Waals surface area contributed by atoms with Crippen LogP contribution in [0.25, 0.3) is 0 Å². The molecule has 0 amide bonds. The minimum atomic E-state index is -3.73. The van der Waals surface area contributed by atoms with Crippen molar-refractivity contribution in [1.82, 2.24) is 5.16 Å². The number of ether oxygens (including phenoxy) is 2. The van der Waals surface area contributed by atoms with E-state index in [2.05, 4.69) is 17.0 Å². The summed E-state index contributed by atoms with van der Waals surface area (Å²) in [5.41, 5.74) is 1.34. The molecule has 172 valence electrons. The Morgan fingerprint density at radius 3 is 2.66 bits per heavy atom. The van der Waals surface area contributed by atoms with E-state index in [9.17, 15) is 13.2 Å². The minimum absolute atomic E-state index is 0.0148. The molecule has 0 N–H and O–H groups in total. The van der Waals surface area contributed by atoms with Crippen LogP contribution in [0, 0.1) is 23.7 Å². The molecule has 1 heterocycles. The van der Waals surface area contributed by atoms with E-state index in [1.165, 1.54) is 6.92 Å². The third kappa shape index (κ3) is 5.99. The van der Waals surface area contributed by atoms with Gasteiger partial charge in [-0.2, -0.15) is 0 Å². The van der Waals surface area contributed by atoms with E-state index in [4.69, 9.17) is 14.0 Å². The second kappa shape index (κ2) is 10.3. The van der Waals surface area contributed by atoms with Crippen LogP contribution >= 0.6 is 0 Å². The summed E-state index contributed by atoms with van der Waals surface area (Å²) < 4.78 is 38.9. The summed E-state index contributed by atoms with van der Waals surface area (Å²) in [6.45, 7) is 2.17. The fraction of sp³-hybridized carbons (Fsp3) is 0.500. The van der Waals surface area contributed by atoms with Gasteiger partial charge in [0.1, 0.15) is 6.61 Å². The van der Waals surface area contributed by atoms with Gasteiger partial charge in [-0.3, -0.25) is 4.79 Å². The van der Waals surface area contributed by atoms with Crippen LogP contribution in [0.3, 0.4) is 0 Å². The first kappa shape index (κ1) is 24.0. The Kier molecular flexibility index (Phi) is 7.75. The molecule has 1 aromatic carbocycles. The summed E-state index contributed by atoms with van der Waals surface area (Å²) >= 11 is 0. The number of aromatic nitrogens is 1. The Bertz CT molecular complexity index is 1080. The van der Waals surface area contributed by atoms with Gasteiger partial charge in [-0.15, -0.1) is 0 Å². The molecular weight excluding hydrogens is 430 g/mol. The van der Waals surface area contributed by atoms with Gasteiger partial charge < -0.3 is 14.0 Å². The Morgan fingerprint density at radius 1 is 1.28 bits per heavy atom. The highest BCUT2D eigenvalue weighted by atomic mass is 32.2. The molecule has 1 saturated carbocycles. The molecule has 1 atom stereocenters. The van der Waals surface area contributed by atoms with Crippen LogP contribution in [0.2, 0.25) is 0 Å². The predicted octanol–water partition coefficient (Wildman–Crippen LogP) is 3.18. The highest BCUT2D eigenvalue weighted by Crippen LogP contribution is 2.33. The number of hydrogen-bond acceptors (Lipinski definition) is 7. The van der Waals surface area contributed by atoms with E-state index in [0.29, 0.717) is 23.3 Å². The van der Waals surface area contributed by atoms with Gasteiger partial charge in [-0.05, 0) is 50.0 Å². The number of carbonyl (C=O) groups is 1. The topological polar surface area (TPSA) is 95.7 Å². The number of rotatable bonds is 9. The van der Waals surface area contributed by atoms with Crippen LogP contribution in [-0.4, -0.2) is 44.3 Å². The molecule has 8 heteroatoms. The van der Waals surface area contributed by atoms with Crippen molar-refractivity contribution in [2.75, 3.05) is 20.0 Å². The molecule has 1 aliphatic carbocycles. The molecule has 1 fully saturated rings. The zero-order valence-corrected chi connectivity index (χ0v) is 19.5. The molecule has 1 unspecified atom stereocenters. The van der Waals surface area contributed by atoms with E-state index in [0.717, 1.165) is 31.3 Å². The maximum absolute atomic E-state index is 12.7. The third-order valence-electron chi connectivity index (χ3n) is 5.92. The number of sulfone groups is 1. The molecule has 0 radical (unpaired) electrons. The van der Waals surface area contributed by atoms with Crippen molar-refractivity contribution in [3.63, 3.8) is 0 Å². The van der Waals surface area contributed by atoms with Gasteiger partial charge in [-0.1, -0.05) is 41.4 Å². The summed E-state index contributed by atoms with van der Waals surface area (Å²) in [5, 5.41) is 3.98. The van der Waals surface area contributed by atoms with Gasteiger partial charge in [0, 0.05) is 32.0 Å². The number of esters is 1. The molecule has 2 aromatic rings. The predicted molar refractivity (Wildman–Crippen MR) is 119 cm³/mol. The summed E-state index contributed by atoms with van der Waals surface area (Å²) in [5.74, 6) is 6.72. The van der Waals surface area contributed by atoms with Crippen molar-refractivity contribution in [2.45, 2.75) is 44.0 Å². The largest absolute Gasteiger partial charge is 0.460 e. The van der Waals surface area contributed by atoms with Crippen LogP contribution in [0.5, 0.6) is 0 Å². The minimum Gasteiger partial charge on any atom is -0.460 e. The molecule has 0 aliphatic heterocycles. The molecule has 1 aromatic heterocycles. The van der Waals surface area contributed by atoms with E-state index in [-0.39, 0.29) is 19.4 Å². The van der Waals surface area contributed by atoms with Crippen LogP contribution in [0.4, 0.5) is 0 Å². The zero-order valence-electron chi connectivity index (χ0n) is 18.7. The third-order valence-corrected chi connectivity index (χ3v) is 7.93. The van der Waals surface area contributed by atoms with Crippen molar-refractivity contribution in [3.8, 4) is 11.8 Å². The smallest absolute Gasteiger partial charge is 0.327 e. The standard InChI is InChI=1S/C24H29NO6S/c1-24(32(3,27)28,23(26)30-17-18-7-5-4-6-8-18)12-11-21-15-22(31-25-21)10-9-19-13-20(14-19)16-29-2/h4-8,15,19-20H,11-14,16-17H2,1-3H3. The van der Waals surface area contributed by atoms with E-state index < -0.39 is 20.6 Å². The molecular formula is C24H29NO6S. The molecule has 0 spiro atoms. The summed E-state index contributed by atoms with van der Waals surface area (Å²) in [6.07, 6.45) is 3.35. The number of nitrogens with zero attached hydrogens (tertiary/aromatic N) is 1. The quantitative estimate of drug-likeness (QED) is 0.420. The Morgan fingerprint density at radius 2 is 2.00 bits per heavy atom.